The molecule has 13 heavy (non-hydrogen) atoms. The highest BCUT2D eigenvalue weighted by molar-refractivity contribution is 5.92. The summed E-state index contributed by atoms with van der Waals surface area (Å²) in [4.78, 5) is 24.6. The van der Waals surface area contributed by atoms with Crippen molar-refractivity contribution < 1.29 is 14.7 Å². The molecular weight excluding hydrogens is 172 g/mol. The van der Waals surface area contributed by atoms with Gasteiger partial charge >= 0.3 is 5.97 Å². The predicted molar refractivity (Wildman–Crippen MR) is 44.1 cm³/mol. The second-order valence-electron chi connectivity index (χ2n) is 2.47. The fourth-order valence-electron chi connectivity index (χ4n) is 0.830. The van der Waals surface area contributed by atoms with Gasteiger partial charge in [-0.25, -0.2) is 0 Å². The molecule has 0 atom stereocenters. The van der Waals surface area contributed by atoms with Gasteiger partial charge in [0, 0.05) is 6.20 Å². The minimum Gasteiger partial charge on any atom is -0.481 e. The standard InChI is InChI=1S/C8H8N2O3/c9-8(13)5-1-2-6(10-4-5)3-7(11)12/h1-2,4H,3H2,(H2,9,13)(H,11,12). The molecule has 0 saturated carbocycles. The highest BCUT2D eigenvalue weighted by Gasteiger charge is 2.03. The van der Waals surface area contributed by atoms with Crippen LogP contribution in [0.25, 0.3) is 0 Å². The molecule has 1 amide bonds. The molecule has 0 unspecified atom stereocenters. The Hall–Kier alpha value is -1.91. The second-order valence-corrected chi connectivity index (χ2v) is 2.47. The highest BCUT2D eigenvalue weighted by atomic mass is 16.4. The summed E-state index contributed by atoms with van der Waals surface area (Å²) in [5.74, 6) is -1.53. The maximum atomic E-state index is 10.6. The van der Waals surface area contributed by atoms with Gasteiger partial charge in [0.15, 0.2) is 0 Å². The molecule has 0 aliphatic rings. The molecule has 1 aromatic heterocycles. The van der Waals surface area contributed by atoms with Gasteiger partial charge in [0.1, 0.15) is 0 Å². The van der Waals surface area contributed by atoms with Crippen molar-refractivity contribution in [3.8, 4) is 0 Å². The zero-order chi connectivity index (χ0) is 9.84. The van der Waals surface area contributed by atoms with Crippen LogP contribution in [0, 0.1) is 0 Å². The molecule has 1 aromatic rings. The van der Waals surface area contributed by atoms with Crippen molar-refractivity contribution in [2.75, 3.05) is 0 Å². The number of carbonyl (C=O) groups excluding carboxylic acids is 1. The van der Waals surface area contributed by atoms with Crippen LogP contribution in [0.4, 0.5) is 0 Å². The highest BCUT2D eigenvalue weighted by Crippen LogP contribution is 2.00. The normalized spacial score (nSPS) is 9.54. The van der Waals surface area contributed by atoms with Gasteiger partial charge in [-0.1, -0.05) is 0 Å². The topological polar surface area (TPSA) is 93.3 Å². The van der Waals surface area contributed by atoms with Crippen molar-refractivity contribution in [3.05, 3.63) is 29.6 Å². The molecule has 0 aromatic carbocycles. The Labute approximate surface area is 74.2 Å². The van der Waals surface area contributed by atoms with Crippen LogP contribution in [-0.2, 0) is 11.2 Å². The number of pyridine rings is 1. The molecule has 5 heteroatoms. The zero-order valence-electron chi connectivity index (χ0n) is 6.73. The average molecular weight is 180 g/mol. The molecule has 0 fully saturated rings. The van der Waals surface area contributed by atoms with E-state index >= 15 is 0 Å². The Kier molecular flexibility index (Phi) is 2.59. The molecule has 0 saturated heterocycles. The van der Waals surface area contributed by atoms with Crippen molar-refractivity contribution in [2.24, 2.45) is 5.73 Å². The molecule has 1 rings (SSSR count). The lowest BCUT2D eigenvalue weighted by molar-refractivity contribution is -0.136. The number of hydrogen-bond donors (Lipinski definition) is 2. The van der Waals surface area contributed by atoms with E-state index in [-0.39, 0.29) is 12.0 Å². The molecule has 68 valence electrons. The lowest BCUT2D eigenvalue weighted by atomic mass is 10.2. The van der Waals surface area contributed by atoms with Crippen LogP contribution < -0.4 is 5.73 Å². The first kappa shape index (κ1) is 9.18. The summed E-state index contributed by atoms with van der Waals surface area (Å²) in [6.45, 7) is 0. The number of carboxylic acid groups (broad SMARTS) is 1. The molecule has 0 radical (unpaired) electrons. The van der Waals surface area contributed by atoms with E-state index in [0.717, 1.165) is 0 Å². The van der Waals surface area contributed by atoms with Gasteiger partial charge < -0.3 is 10.8 Å². The number of hydrogen-bond acceptors (Lipinski definition) is 3. The van der Waals surface area contributed by atoms with Crippen LogP contribution in [0.3, 0.4) is 0 Å². The van der Waals surface area contributed by atoms with Crippen molar-refractivity contribution in [1.82, 2.24) is 4.98 Å². The second kappa shape index (κ2) is 3.66. The van der Waals surface area contributed by atoms with Gasteiger partial charge in [-0.15, -0.1) is 0 Å². The van der Waals surface area contributed by atoms with Crippen LogP contribution in [0.15, 0.2) is 18.3 Å². The number of nitrogens with two attached hydrogens (primary N) is 1. The molecule has 0 aliphatic heterocycles. The Bertz CT molecular complexity index is 332. The van der Waals surface area contributed by atoms with E-state index in [1.54, 1.807) is 0 Å². The van der Waals surface area contributed by atoms with E-state index in [1.807, 2.05) is 0 Å². The molecule has 1 heterocycles. The minimum absolute atomic E-state index is 0.154. The third-order valence-electron chi connectivity index (χ3n) is 1.44. The van der Waals surface area contributed by atoms with Crippen molar-refractivity contribution in [2.45, 2.75) is 6.42 Å². The van der Waals surface area contributed by atoms with Gasteiger partial charge in [-0.3, -0.25) is 14.6 Å². The molecule has 5 nitrogen and oxygen atoms in total. The molecule has 0 aliphatic carbocycles. The number of rotatable bonds is 3. The van der Waals surface area contributed by atoms with E-state index in [4.69, 9.17) is 10.8 Å². The summed E-state index contributed by atoms with van der Waals surface area (Å²) in [6.07, 6.45) is 1.11. The largest absolute Gasteiger partial charge is 0.481 e. The third-order valence-corrected chi connectivity index (χ3v) is 1.44. The maximum absolute atomic E-state index is 10.6. The number of carboxylic acids is 1. The molecule has 0 bridgehead atoms. The first-order chi connectivity index (χ1) is 6.09. The monoisotopic (exact) mass is 180 g/mol. The fraction of sp³-hybridized carbons (Fsp3) is 0.125. The van der Waals surface area contributed by atoms with Gasteiger partial charge in [0.25, 0.3) is 0 Å². The average Bonchev–Trinajstić information content (AvgIpc) is 2.04. The lowest BCUT2D eigenvalue weighted by Crippen LogP contribution is -2.11. The Morgan fingerprint density at radius 3 is 2.54 bits per heavy atom. The number of aromatic nitrogens is 1. The number of amides is 1. The Morgan fingerprint density at radius 1 is 1.46 bits per heavy atom. The quantitative estimate of drug-likeness (QED) is 0.674. The maximum Gasteiger partial charge on any atom is 0.309 e. The number of carbonyl (C=O) groups is 2. The smallest absolute Gasteiger partial charge is 0.309 e. The molecule has 3 N–H and O–H groups in total. The molecular formula is C8H8N2O3. The van der Waals surface area contributed by atoms with E-state index < -0.39 is 11.9 Å². The summed E-state index contributed by atoms with van der Waals surface area (Å²) in [5.41, 5.74) is 5.64. The minimum atomic E-state index is -0.959. The zero-order valence-corrected chi connectivity index (χ0v) is 6.73. The van der Waals surface area contributed by atoms with Crippen LogP contribution in [-0.4, -0.2) is 22.0 Å². The van der Waals surface area contributed by atoms with E-state index in [1.165, 1.54) is 18.3 Å². The first-order valence-electron chi connectivity index (χ1n) is 3.56. The van der Waals surface area contributed by atoms with Gasteiger partial charge in [-0.05, 0) is 12.1 Å². The number of aliphatic carboxylic acids is 1. The fourth-order valence-corrected chi connectivity index (χ4v) is 0.830. The summed E-state index contributed by atoms with van der Waals surface area (Å²) in [5, 5.41) is 8.41. The third kappa shape index (κ3) is 2.55. The first-order valence-corrected chi connectivity index (χ1v) is 3.56. The Morgan fingerprint density at radius 2 is 2.15 bits per heavy atom. The molecule has 0 spiro atoms. The van der Waals surface area contributed by atoms with Crippen LogP contribution in [0.2, 0.25) is 0 Å². The van der Waals surface area contributed by atoms with Crippen molar-refractivity contribution in [1.29, 1.82) is 0 Å². The van der Waals surface area contributed by atoms with Gasteiger partial charge in [0.2, 0.25) is 5.91 Å². The van der Waals surface area contributed by atoms with Crippen molar-refractivity contribution >= 4 is 11.9 Å². The summed E-state index contributed by atoms with van der Waals surface area (Å²) in [7, 11) is 0. The lowest BCUT2D eigenvalue weighted by Gasteiger charge is -1.97. The summed E-state index contributed by atoms with van der Waals surface area (Å²) < 4.78 is 0. The predicted octanol–water partition coefficient (Wildman–Crippen LogP) is -0.192. The van der Waals surface area contributed by atoms with Crippen molar-refractivity contribution in [3.63, 3.8) is 0 Å². The number of nitrogens with zero attached hydrogens (tertiary/aromatic N) is 1. The Balaban J connectivity index is 2.81. The summed E-state index contributed by atoms with van der Waals surface area (Å²) in [6, 6.07) is 2.92. The summed E-state index contributed by atoms with van der Waals surface area (Å²) >= 11 is 0. The van der Waals surface area contributed by atoms with E-state index in [0.29, 0.717) is 5.69 Å². The van der Waals surface area contributed by atoms with E-state index in [2.05, 4.69) is 4.98 Å². The van der Waals surface area contributed by atoms with Gasteiger partial charge in [0.05, 0.1) is 17.7 Å². The SMILES string of the molecule is NC(=O)c1ccc(CC(=O)O)nc1. The van der Waals surface area contributed by atoms with Crippen LogP contribution >= 0.6 is 0 Å². The van der Waals surface area contributed by atoms with E-state index in [9.17, 15) is 9.59 Å². The number of primary amides is 1. The van der Waals surface area contributed by atoms with Crippen LogP contribution in [0.1, 0.15) is 16.1 Å². The van der Waals surface area contributed by atoms with Gasteiger partial charge in [-0.2, -0.15) is 0 Å². The van der Waals surface area contributed by atoms with Crippen LogP contribution in [0.5, 0.6) is 0 Å².